The number of thiophene rings is 1. The van der Waals surface area contributed by atoms with Crippen molar-refractivity contribution in [2.45, 2.75) is 13.0 Å². The summed E-state index contributed by atoms with van der Waals surface area (Å²) < 4.78 is 11.1. The molecule has 198 valence electrons. The van der Waals surface area contributed by atoms with E-state index >= 15 is 0 Å². The average molecular weight is 543 g/mol. The molecule has 1 aliphatic heterocycles. The number of carbonyl (C=O) groups is 3. The van der Waals surface area contributed by atoms with Gasteiger partial charge in [0.1, 0.15) is 11.4 Å². The number of anilines is 1. The molecule has 5 rings (SSSR count). The summed E-state index contributed by atoms with van der Waals surface area (Å²) in [6, 6.07) is 15.9. The van der Waals surface area contributed by atoms with E-state index in [4.69, 9.17) is 15.2 Å². The normalized spacial score (nSPS) is 11.9. The SMILES string of the molecule is CNC(=O)c1ccc(-c2cc3c(cc2C(=O)Nc2ccc(CN)cc2)-c2sccc2CCO3)c(C(=O)OC)n1. The van der Waals surface area contributed by atoms with Crippen LogP contribution in [-0.4, -0.2) is 43.5 Å². The molecule has 0 saturated heterocycles. The third kappa shape index (κ3) is 5.12. The number of methoxy groups -OCH3 is 1. The van der Waals surface area contributed by atoms with E-state index in [0.717, 1.165) is 28.0 Å². The number of hydrogen-bond donors (Lipinski definition) is 3. The largest absolute Gasteiger partial charge is 0.493 e. The first kappa shape index (κ1) is 26.1. The Balaban J connectivity index is 1.70. The summed E-state index contributed by atoms with van der Waals surface area (Å²) in [7, 11) is 2.71. The fourth-order valence-electron chi connectivity index (χ4n) is 4.43. The van der Waals surface area contributed by atoms with Gasteiger partial charge in [-0.25, -0.2) is 9.78 Å². The molecular formula is C29H26N4O5S. The lowest BCUT2D eigenvalue weighted by molar-refractivity contribution is 0.0594. The maximum Gasteiger partial charge on any atom is 0.357 e. The van der Waals surface area contributed by atoms with Crippen molar-refractivity contribution in [3.8, 4) is 27.3 Å². The van der Waals surface area contributed by atoms with Gasteiger partial charge in [0.25, 0.3) is 11.8 Å². The smallest absolute Gasteiger partial charge is 0.357 e. The van der Waals surface area contributed by atoms with Crippen LogP contribution in [0.5, 0.6) is 5.75 Å². The zero-order valence-electron chi connectivity index (χ0n) is 21.4. The molecule has 0 saturated carbocycles. The van der Waals surface area contributed by atoms with Crippen molar-refractivity contribution in [2.24, 2.45) is 5.73 Å². The zero-order chi connectivity index (χ0) is 27.5. The van der Waals surface area contributed by atoms with Gasteiger partial charge >= 0.3 is 5.97 Å². The van der Waals surface area contributed by atoms with Crippen molar-refractivity contribution in [3.63, 3.8) is 0 Å². The molecule has 0 fully saturated rings. The number of hydrogen-bond acceptors (Lipinski definition) is 8. The van der Waals surface area contributed by atoms with E-state index in [1.165, 1.54) is 20.2 Å². The van der Waals surface area contributed by atoms with Gasteiger partial charge in [-0.3, -0.25) is 9.59 Å². The number of benzene rings is 2. The van der Waals surface area contributed by atoms with Crippen LogP contribution in [-0.2, 0) is 17.7 Å². The summed E-state index contributed by atoms with van der Waals surface area (Å²) in [5.41, 5.74) is 10.2. The van der Waals surface area contributed by atoms with E-state index in [1.807, 2.05) is 17.5 Å². The molecule has 0 spiro atoms. The molecule has 9 nitrogen and oxygen atoms in total. The molecular weight excluding hydrogens is 516 g/mol. The number of nitrogens with zero attached hydrogens (tertiary/aromatic N) is 1. The minimum absolute atomic E-state index is 0.0434. The lowest BCUT2D eigenvalue weighted by Crippen LogP contribution is -2.21. The summed E-state index contributed by atoms with van der Waals surface area (Å²) >= 11 is 1.58. The third-order valence-electron chi connectivity index (χ3n) is 6.46. The Morgan fingerprint density at radius 3 is 2.54 bits per heavy atom. The molecule has 2 aromatic heterocycles. The minimum atomic E-state index is -0.740. The summed E-state index contributed by atoms with van der Waals surface area (Å²) in [5.74, 6) is -1.000. The van der Waals surface area contributed by atoms with Crippen molar-refractivity contribution in [1.82, 2.24) is 10.3 Å². The van der Waals surface area contributed by atoms with Crippen LogP contribution in [0.25, 0.3) is 21.6 Å². The van der Waals surface area contributed by atoms with Crippen LogP contribution in [0.1, 0.15) is 42.5 Å². The molecule has 0 aliphatic carbocycles. The van der Waals surface area contributed by atoms with E-state index in [0.29, 0.717) is 41.3 Å². The second-order valence-corrected chi connectivity index (χ2v) is 9.70. The van der Waals surface area contributed by atoms with Crippen LogP contribution in [0.4, 0.5) is 5.69 Å². The monoisotopic (exact) mass is 542 g/mol. The average Bonchev–Trinajstić information content (AvgIpc) is 3.37. The van der Waals surface area contributed by atoms with Crippen LogP contribution in [0.3, 0.4) is 0 Å². The molecule has 0 radical (unpaired) electrons. The Bertz CT molecular complexity index is 1580. The number of ether oxygens (including phenoxy) is 2. The highest BCUT2D eigenvalue weighted by atomic mass is 32.1. The first-order valence-corrected chi connectivity index (χ1v) is 13.1. The zero-order valence-corrected chi connectivity index (χ0v) is 22.2. The van der Waals surface area contributed by atoms with Crippen molar-refractivity contribution >= 4 is 34.8 Å². The molecule has 2 aromatic carbocycles. The molecule has 4 N–H and O–H groups in total. The van der Waals surface area contributed by atoms with E-state index in [9.17, 15) is 14.4 Å². The minimum Gasteiger partial charge on any atom is -0.493 e. The van der Waals surface area contributed by atoms with Gasteiger partial charge in [-0.1, -0.05) is 12.1 Å². The Hall–Kier alpha value is -4.54. The maximum atomic E-state index is 13.8. The first-order chi connectivity index (χ1) is 18.9. The van der Waals surface area contributed by atoms with Crippen LogP contribution in [0, 0.1) is 0 Å². The summed E-state index contributed by atoms with van der Waals surface area (Å²) in [4.78, 5) is 44.2. The molecule has 39 heavy (non-hydrogen) atoms. The van der Waals surface area contributed by atoms with E-state index in [-0.39, 0.29) is 17.3 Å². The van der Waals surface area contributed by atoms with E-state index in [1.54, 1.807) is 41.7 Å². The molecule has 0 atom stereocenters. The number of pyridine rings is 1. The lowest BCUT2D eigenvalue weighted by atomic mass is 9.93. The fourth-order valence-corrected chi connectivity index (χ4v) is 5.41. The molecule has 1 aliphatic rings. The van der Waals surface area contributed by atoms with Crippen LogP contribution >= 0.6 is 11.3 Å². The molecule has 3 heterocycles. The van der Waals surface area contributed by atoms with Gasteiger partial charge in [0.05, 0.1) is 13.7 Å². The summed E-state index contributed by atoms with van der Waals surface area (Å²) in [5, 5.41) is 7.46. The highest BCUT2D eigenvalue weighted by molar-refractivity contribution is 7.13. The standard InChI is InChI=1S/C29H26N4O5S/c1-31-28(35)23-8-7-19(25(33-23)29(36)37-2)20-14-24-22(26-17(9-11-38-24)10-12-39-26)13-21(20)27(34)32-18-5-3-16(15-30)4-6-18/h3-8,10,12-14H,9,11,15,30H2,1-2H3,(H,31,35)(H,32,34). The van der Waals surface area contributed by atoms with Crippen molar-refractivity contribution < 1.29 is 23.9 Å². The maximum absolute atomic E-state index is 13.8. The van der Waals surface area contributed by atoms with Crippen molar-refractivity contribution in [3.05, 3.63) is 88.1 Å². The number of aromatic nitrogens is 1. The van der Waals surface area contributed by atoms with Crippen LogP contribution in [0.2, 0.25) is 0 Å². The highest BCUT2D eigenvalue weighted by Gasteiger charge is 2.27. The first-order valence-electron chi connectivity index (χ1n) is 12.2. The number of nitrogens with one attached hydrogen (secondary N) is 2. The number of esters is 1. The third-order valence-corrected chi connectivity index (χ3v) is 7.45. The molecule has 0 unspecified atom stereocenters. The molecule has 0 bridgehead atoms. The molecule has 2 amide bonds. The van der Waals surface area contributed by atoms with Gasteiger partial charge < -0.3 is 25.8 Å². The lowest BCUT2D eigenvalue weighted by Gasteiger charge is -2.17. The predicted molar refractivity (Wildman–Crippen MR) is 149 cm³/mol. The number of carbonyl (C=O) groups excluding carboxylic acids is 3. The second kappa shape index (κ2) is 11.1. The van der Waals surface area contributed by atoms with Crippen molar-refractivity contribution in [2.75, 3.05) is 26.1 Å². The Morgan fingerprint density at radius 1 is 1.03 bits per heavy atom. The fraction of sp³-hybridized carbons (Fsp3) is 0.172. The van der Waals surface area contributed by atoms with Gasteiger partial charge in [0, 0.05) is 52.8 Å². The Morgan fingerprint density at radius 2 is 1.82 bits per heavy atom. The molecule has 4 aromatic rings. The van der Waals surface area contributed by atoms with E-state index in [2.05, 4.69) is 21.7 Å². The molecule has 10 heteroatoms. The van der Waals surface area contributed by atoms with Gasteiger partial charge in [-0.2, -0.15) is 0 Å². The quantitative estimate of drug-likeness (QED) is 0.310. The number of amides is 2. The van der Waals surface area contributed by atoms with Crippen LogP contribution < -0.4 is 21.1 Å². The summed E-state index contributed by atoms with van der Waals surface area (Å²) in [6.45, 7) is 0.856. The van der Waals surface area contributed by atoms with E-state index < -0.39 is 11.9 Å². The van der Waals surface area contributed by atoms with Crippen molar-refractivity contribution in [1.29, 1.82) is 0 Å². The Kier molecular flexibility index (Phi) is 7.40. The highest BCUT2D eigenvalue weighted by Crippen LogP contribution is 2.43. The van der Waals surface area contributed by atoms with Gasteiger partial charge in [0.2, 0.25) is 0 Å². The topological polar surface area (TPSA) is 133 Å². The number of fused-ring (bicyclic) bond motifs is 3. The van der Waals surface area contributed by atoms with Gasteiger partial charge in [0.15, 0.2) is 5.69 Å². The van der Waals surface area contributed by atoms with Crippen LogP contribution in [0.15, 0.2) is 60.0 Å². The predicted octanol–water partition coefficient (Wildman–Crippen LogP) is 4.27. The number of nitrogens with two attached hydrogens (primary N) is 1. The Labute approximate surface area is 229 Å². The summed E-state index contributed by atoms with van der Waals surface area (Å²) in [6.07, 6.45) is 0.730. The number of rotatable bonds is 6. The van der Waals surface area contributed by atoms with Gasteiger partial charge in [-0.05, 0) is 59.0 Å². The van der Waals surface area contributed by atoms with Gasteiger partial charge in [-0.15, -0.1) is 11.3 Å². The second-order valence-electron chi connectivity index (χ2n) is 8.79.